The number of methoxy groups -OCH3 is 1. The Balaban J connectivity index is 2.91. The maximum Gasteiger partial charge on any atom is 0.343 e. The smallest absolute Gasteiger partial charge is 0.343 e. The summed E-state index contributed by atoms with van der Waals surface area (Å²) in [5.74, 6) is -0.113. The van der Waals surface area contributed by atoms with E-state index in [1.807, 2.05) is 19.9 Å². The van der Waals surface area contributed by atoms with E-state index in [1.165, 1.54) is 7.11 Å². The van der Waals surface area contributed by atoms with Crippen molar-refractivity contribution in [3.05, 3.63) is 23.4 Å². The number of nitrogens with zero attached hydrogens (tertiary/aromatic N) is 2. The molecule has 0 unspecified atom stereocenters. The van der Waals surface area contributed by atoms with E-state index in [0.717, 1.165) is 5.69 Å². The second-order valence-electron chi connectivity index (χ2n) is 3.72. The lowest BCUT2D eigenvalue weighted by Crippen LogP contribution is -2.14. The van der Waals surface area contributed by atoms with Crippen molar-refractivity contribution in [3.8, 4) is 11.9 Å². The highest BCUT2D eigenvalue weighted by Crippen LogP contribution is 2.19. The highest BCUT2D eigenvalue weighted by Gasteiger charge is 2.11. The Morgan fingerprint density at radius 1 is 1.53 bits per heavy atom. The van der Waals surface area contributed by atoms with Crippen molar-refractivity contribution >= 4 is 5.97 Å². The van der Waals surface area contributed by atoms with Crippen LogP contribution in [0.3, 0.4) is 0 Å². The summed E-state index contributed by atoms with van der Waals surface area (Å²) in [6.07, 6.45) is 0. The first-order valence-electron chi connectivity index (χ1n) is 5.19. The van der Waals surface area contributed by atoms with Gasteiger partial charge in [-0.15, -0.1) is 0 Å². The molecule has 0 bridgehead atoms. The highest BCUT2D eigenvalue weighted by molar-refractivity contribution is 5.70. The number of pyridine rings is 1. The SMILES string of the molecule is COC(=O)COc1nc(C(C)C)ccc1C#N. The average Bonchev–Trinajstić information content (AvgIpc) is 2.35. The molecule has 90 valence electrons. The number of carbonyl (C=O) groups excluding carboxylic acids is 1. The monoisotopic (exact) mass is 234 g/mol. The van der Waals surface area contributed by atoms with Gasteiger partial charge >= 0.3 is 5.97 Å². The zero-order valence-electron chi connectivity index (χ0n) is 10.1. The fourth-order valence-electron chi connectivity index (χ4n) is 1.16. The van der Waals surface area contributed by atoms with Crippen LogP contribution in [0.1, 0.15) is 31.0 Å². The summed E-state index contributed by atoms with van der Waals surface area (Å²) >= 11 is 0. The number of carbonyl (C=O) groups is 1. The van der Waals surface area contributed by atoms with Gasteiger partial charge < -0.3 is 9.47 Å². The van der Waals surface area contributed by atoms with Crippen LogP contribution in [0, 0.1) is 11.3 Å². The molecule has 0 saturated carbocycles. The van der Waals surface area contributed by atoms with E-state index in [1.54, 1.807) is 12.1 Å². The Morgan fingerprint density at radius 3 is 2.76 bits per heavy atom. The van der Waals surface area contributed by atoms with E-state index in [9.17, 15) is 4.79 Å². The first-order chi connectivity index (χ1) is 8.08. The third-order valence-electron chi connectivity index (χ3n) is 2.15. The standard InChI is InChI=1S/C12H14N2O3/c1-8(2)10-5-4-9(6-13)12(14-10)17-7-11(15)16-3/h4-5,8H,7H2,1-3H3. The fraction of sp³-hybridized carbons (Fsp3) is 0.417. The molecule has 1 rings (SSSR count). The van der Waals surface area contributed by atoms with Crippen LogP contribution in [0.4, 0.5) is 0 Å². The summed E-state index contributed by atoms with van der Waals surface area (Å²) < 4.78 is 9.61. The summed E-state index contributed by atoms with van der Waals surface area (Å²) in [6, 6.07) is 5.37. The van der Waals surface area contributed by atoms with Gasteiger partial charge in [0.05, 0.1) is 7.11 Å². The first kappa shape index (κ1) is 13.0. The zero-order chi connectivity index (χ0) is 12.8. The molecule has 0 fully saturated rings. The van der Waals surface area contributed by atoms with Gasteiger partial charge in [-0.2, -0.15) is 5.26 Å². The molecule has 5 nitrogen and oxygen atoms in total. The van der Waals surface area contributed by atoms with Gasteiger partial charge in [0.25, 0.3) is 0 Å². The van der Waals surface area contributed by atoms with Crippen LogP contribution in [0.15, 0.2) is 12.1 Å². The molecule has 1 aromatic heterocycles. The quantitative estimate of drug-likeness (QED) is 0.740. The third-order valence-corrected chi connectivity index (χ3v) is 2.15. The number of aromatic nitrogens is 1. The van der Waals surface area contributed by atoms with E-state index < -0.39 is 5.97 Å². The molecule has 1 aromatic rings. The van der Waals surface area contributed by atoms with Crippen molar-refractivity contribution in [2.45, 2.75) is 19.8 Å². The molecule has 0 radical (unpaired) electrons. The molecule has 17 heavy (non-hydrogen) atoms. The molecule has 0 saturated heterocycles. The minimum atomic E-state index is -0.509. The lowest BCUT2D eigenvalue weighted by molar-refractivity contribution is -0.143. The van der Waals surface area contributed by atoms with E-state index in [0.29, 0.717) is 5.56 Å². The summed E-state index contributed by atoms with van der Waals surface area (Å²) in [4.78, 5) is 15.1. The Labute approximate surface area is 100.0 Å². The molecular weight excluding hydrogens is 220 g/mol. The summed E-state index contributed by atoms with van der Waals surface area (Å²) in [6.45, 7) is 3.72. The van der Waals surface area contributed by atoms with Crippen molar-refractivity contribution in [1.29, 1.82) is 5.26 Å². The first-order valence-corrected chi connectivity index (χ1v) is 5.19. The van der Waals surface area contributed by atoms with Gasteiger partial charge in [0.2, 0.25) is 5.88 Å². The van der Waals surface area contributed by atoms with Crippen LogP contribution in [-0.2, 0) is 9.53 Å². The number of hydrogen-bond donors (Lipinski definition) is 0. The fourth-order valence-corrected chi connectivity index (χ4v) is 1.16. The molecule has 0 spiro atoms. The number of rotatable bonds is 4. The molecule has 0 N–H and O–H groups in total. The average molecular weight is 234 g/mol. The molecule has 0 aromatic carbocycles. The molecular formula is C12H14N2O3. The van der Waals surface area contributed by atoms with E-state index in [4.69, 9.17) is 10.00 Å². The zero-order valence-corrected chi connectivity index (χ0v) is 10.1. The lowest BCUT2D eigenvalue weighted by Gasteiger charge is -2.09. The van der Waals surface area contributed by atoms with Crippen LogP contribution in [0.2, 0.25) is 0 Å². The van der Waals surface area contributed by atoms with Crippen LogP contribution >= 0.6 is 0 Å². The molecule has 1 heterocycles. The van der Waals surface area contributed by atoms with Gasteiger partial charge in [0, 0.05) is 5.69 Å². The summed E-state index contributed by atoms with van der Waals surface area (Å²) in [7, 11) is 1.27. The molecule has 0 atom stereocenters. The van der Waals surface area contributed by atoms with Crippen molar-refractivity contribution in [1.82, 2.24) is 4.98 Å². The largest absolute Gasteiger partial charge is 0.466 e. The van der Waals surface area contributed by atoms with E-state index in [2.05, 4.69) is 9.72 Å². The van der Waals surface area contributed by atoms with Crippen LogP contribution < -0.4 is 4.74 Å². The predicted molar refractivity (Wildman–Crippen MR) is 60.6 cm³/mol. The Kier molecular flexibility index (Phi) is 4.46. The van der Waals surface area contributed by atoms with E-state index >= 15 is 0 Å². The highest BCUT2D eigenvalue weighted by atomic mass is 16.6. The van der Waals surface area contributed by atoms with Gasteiger partial charge in [-0.1, -0.05) is 13.8 Å². The van der Waals surface area contributed by atoms with Gasteiger partial charge in [-0.05, 0) is 18.1 Å². The van der Waals surface area contributed by atoms with Crippen molar-refractivity contribution in [2.24, 2.45) is 0 Å². The Hall–Kier alpha value is -2.09. The summed E-state index contributed by atoms with van der Waals surface area (Å²) in [5, 5.41) is 8.88. The van der Waals surface area contributed by atoms with Gasteiger partial charge in [-0.25, -0.2) is 9.78 Å². The maximum absolute atomic E-state index is 10.9. The molecule has 0 aliphatic rings. The Bertz CT molecular complexity index is 450. The van der Waals surface area contributed by atoms with Crippen LogP contribution in [0.5, 0.6) is 5.88 Å². The minimum Gasteiger partial charge on any atom is -0.466 e. The summed E-state index contributed by atoms with van der Waals surface area (Å²) in [5.41, 5.74) is 1.11. The van der Waals surface area contributed by atoms with Gasteiger partial charge in [0.1, 0.15) is 11.6 Å². The number of ether oxygens (including phenoxy) is 2. The number of hydrogen-bond acceptors (Lipinski definition) is 5. The molecule has 0 amide bonds. The molecule has 5 heteroatoms. The van der Waals surface area contributed by atoms with Gasteiger partial charge in [-0.3, -0.25) is 0 Å². The maximum atomic E-state index is 10.9. The number of nitriles is 1. The van der Waals surface area contributed by atoms with Crippen LogP contribution in [0.25, 0.3) is 0 Å². The normalized spacial score (nSPS) is 9.82. The predicted octanol–water partition coefficient (Wildman–Crippen LogP) is 1.63. The van der Waals surface area contributed by atoms with E-state index in [-0.39, 0.29) is 18.4 Å². The number of esters is 1. The Morgan fingerprint density at radius 2 is 2.24 bits per heavy atom. The van der Waals surface area contributed by atoms with Gasteiger partial charge in [0.15, 0.2) is 6.61 Å². The molecule has 0 aliphatic carbocycles. The topological polar surface area (TPSA) is 72.2 Å². The van der Waals surface area contributed by atoms with Crippen LogP contribution in [-0.4, -0.2) is 24.7 Å². The molecule has 0 aliphatic heterocycles. The second kappa shape index (κ2) is 5.85. The minimum absolute atomic E-state index is 0.170. The third kappa shape index (κ3) is 3.45. The second-order valence-corrected chi connectivity index (χ2v) is 3.72. The van der Waals surface area contributed by atoms with Crippen molar-refractivity contribution < 1.29 is 14.3 Å². The van der Waals surface area contributed by atoms with Crippen molar-refractivity contribution in [3.63, 3.8) is 0 Å². The van der Waals surface area contributed by atoms with Crippen molar-refractivity contribution in [2.75, 3.05) is 13.7 Å². The lowest BCUT2D eigenvalue weighted by atomic mass is 10.1.